The topological polar surface area (TPSA) is 35.5 Å². The lowest BCUT2D eigenvalue weighted by atomic mass is 10.1. The molecule has 0 aromatic heterocycles. The van der Waals surface area contributed by atoms with Gasteiger partial charge in [-0.15, -0.1) is 0 Å². The first-order valence-electron chi connectivity index (χ1n) is 7.98. The van der Waals surface area contributed by atoms with E-state index in [1.165, 1.54) is 0 Å². The van der Waals surface area contributed by atoms with E-state index in [1.54, 1.807) is 0 Å². The highest BCUT2D eigenvalue weighted by Gasteiger charge is 2.40. The predicted octanol–water partition coefficient (Wildman–Crippen LogP) is 5.06. The summed E-state index contributed by atoms with van der Waals surface area (Å²) in [6.45, 7) is 8.43. The fraction of sp³-hybridized carbons (Fsp3) is 0.933. The molecular weight excluding hydrogens is 313 g/mol. The molecule has 0 radical (unpaired) electrons. The van der Waals surface area contributed by atoms with Gasteiger partial charge in [-0.1, -0.05) is 26.2 Å². The Morgan fingerprint density at radius 2 is 1.64 bits per heavy atom. The van der Waals surface area contributed by atoms with Crippen molar-refractivity contribution in [3.05, 3.63) is 0 Å². The summed E-state index contributed by atoms with van der Waals surface area (Å²) in [5.41, 5.74) is 0. The average Bonchev–Trinajstić information content (AvgIpc) is 2.36. The highest BCUT2D eigenvalue weighted by atomic mass is 28.4. The minimum atomic E-state index is -4.89. The van der Waals surface area contributed by atoms with Crippen LogP contribution < -0.4 is 0 Å². The van der Waals surface area contributed by atoms with Gasteiger partial charge in [-0.25, -0.2) is 4.79 Å². The molecule has 0 bridgehead atoms. The molecule has 0 aliphatic heterocycles. The molecule has 0 aliphatic carbocycles. The van der Waals surface area contributed by atoms with E-state index in [0.717, 1.165) is 38.5 Å². The largest absolute Gasteiger partial charge is 0.490 e. The second-order valence-corrected chi connectivity index (χ2v) is 10.9. The predicted molar refractivity (Wildman–Crippen MR) is 83.2 cm³/mol. The second kappa shape index (κ2) is 10.3. The van der Waals surface area contributed by atoms with Crippen molar-refractivity contribution in [3.8, 4) is 0 Å². The number of esters is 1. The smallest absolute Gasteiger partial charge is 0.459 e. The molecule has 0 fully saturated rings. The lowest BCUT2D eigenvalue weighted by molar-refractivity contribution is -0.199. The van der Waals surface area contributed by atoms with Crippen molar-refractivity contribution in [3.63, 3.8) is 0 Å². The summed E-state index contributed by atoms with van der Waals surface area (Å²) in [7, 11) is -1.58. The standard InChI is InChI=1S/C15H29F3O3Si/c1-5-6-10-13(21-22(2,3)4)11-8-7-9-12-20-14(19)15(16,17)18/h13H,5-12H2,1-4H3. The molecule has 0 N–H and O–H groups in total. The SMILES string of the molecule is CCCCC(CCCCCOC(=O)C(F)(F)F)O[Si](C)(C)C. The maximum atomic E-state index is 11.9. The minimum Gasteiger partial charge on any atom is -0.459 e. The van der Waals surface area contributed by atoms with Gasteiger partial charge in [0.2, 0.25) is 0 Å². The molecule has 0 aromatic rings. The molecule has 0 aliphatic rings. The normalized spacial score (nSPS) is 14.0. The minimum absolute atomic E-state index is 0.174. The van der Waals surface area contributed by atoms with Crippen LogP contribution in [-0.4, -0.2) is 33.2 Å². The third-order valence-electron chi connectivity index (χ3n) is 3.03. The van der Waals surface area contributed by atoms with Crippen LogP contribution in [-0.2, 0) is 14.0 Å². The Morgan fingerprint density at radius 1 is 1.05 bits per heavy atom. The number of ether oxygens (including phenoxy) is 1. The number of carbonyl (C=O) groups is 1. The van der Waals surface area contributed by atoms with E-state index in [4.69, 9.17) is 4.43 Å². The molecule has 0 saturated carbocycles. The Hall–Kier alpha value is -0.563. The summed E-state index contributed by atoms with van der Waals surface area (Å²) in [6, 6.07) is 0. The van der Waals surface area contributed by atoms with E-state index in [2.05, 4.69) is 31.3 Å². The Bertz CT molecular complexity index is 314. The monoisotopic (exact) mass is 342 g/mol. The van der Waals surface area contributed by atoms with E-state index in [1.807, 2.05) is 0 Å². The van der Waals surface area contributed by atoms with Gasteiger partial charge in [0.15, 0.2) is 8.32 Å². The lowest BCUT2D eigenvalue weighted by Gasteiger charge is -2.26. The maximum absolute atomic E-state index is 11.9. The van der Waals surface area contributed by atoms with E-state index in [-0.39, 0.29) is 12.7 Å². The van der Waals surface area contributed by atoms with Crippen LogP contribution in [0.1, 0.15) is 51.9 Å². The maximum Gasteiger partial charge on any atom is 0.490 e. The highest BCUT2D eigenvalue weighted by molar-refractivity contribution is 6.69. The van der Waals surface area contributed by atoms with Crippen molar-refractivity contribution in [2.24, 2.45) is 0 Å². The van der Waals surface area contributed by atoms with Crippen LogP contribution >= 0.6 is 0 Å². The highest BCUT2D eigenvalue weighted by Crippen LogP contribution is 2.19. The number of rotatable bonds is 11. The number of unbranched alkanes of at least 4 members (excludes halogenated alkanes) is 3. The Labute approximate surface area is 132 Å². The number of halogens is 3. The molecule has 1 atom stereocenters. The fourth-order valence-electron chi connectivity index (χ4n) is 2.09. The molecule has 0 heterocycles. The average molecular weight is 342 g/mol. The third kappa shape index (κ3) is 12.0. The van der Waals surface area contributed by atoms with Crippen molar-refractivity contribution in [1.29, 1.82) is 0 Å². The van der Waals surface area contributed by atoms with Crippen LogP contribution in [0.25, 0.3) is 0 Å². The second-order valence-electron chi connectivity index (χ2n) is 6.48. The summed E-state index contributed by atoms with van der Waals surface area (Å²) >= 11 is 0. The number of carbonyl (C=O) groups excluding carboxylic acids is 1. The molecule has 22 heavy (non-hydrogen) atoms. The van der Waals surface area contributed by atoms with Crippen LogP contribution in [0.2, 0.25) is 19.6 Å². The summed E-state index contributed by atoms with van der Waals surface area (Å²) in [4.78, 5) is 10.5. The first-order valence-corrected chi connectivity index (χ1v) is 11.4. The van der Waals surface area contributed by atoms with Crippen molar-refractivity contribution < 1.29 is 27.1 Å². The van der Waals surface area contributed by atoms with Crippen molar-refractivity contribution in [1.82, 2.24) is 0 Å². The van der Waals surface area contributed by atoms with Crippen LogP contribution in [0, 0.1) is 0 Å². The van der Waals surface area contributed by atoms with Crippen LogP contribution in [0.3, 0.4) is 0 Å². The fourth-order valence-corrected chi connectivity index (χ4v) is 3.33. The lowest BCUT2D eigenvalue weighted by Crippen LogP contribution is -2.32. The van der Waals surface area contributed by atoms with Crippen molar-refractivity contribution in [2.45, 2.75) is 83.8 Å². The van der Waals surface area contributed by atoms with Gasteiger partial charge in [0.05, 0.1) is 6.61 Å². The van der Waals surface area contributed by atoms with Gasteiger partial charge in [0.1, 0.15) is 0 Å². The zero-order valence-corrected chi connectivity index (χ0v) is 15.1. The Kier molecular flexibility index (Phi) is 9.99. The molecule has 0 spiro atoms. The van der Waals surface area contributed by atoms with Gasteiger partial charge >= 0.3 is 12.1 Å². The first-order chi connectivity index (χ1) is 10.1. The number of alkyl halides is 3. The molecule has 7 heteroatoms. The van der Waals surface area contributed by atoms with Gasteiger partial charge in [0.25, 0.3) is 0 Å². The van der Waals surface area contributed by atoms with Crippen molar-refractivity contribution >= 4 is 14.3 Å². The number of hydrogen-bond acceptors (Lipinski definition) is 3. The van der Waals surface area contributed by atoms with E-state index in [0.29, 0.717) is 6.42 Å². The summed E-state index contributed by atoms with van der Waals surface area (Å²) in [5.74, 6) is -2.10. The van der Waals surface area contributed by atoms with Gasteiger partial charge < -0.3 is 9.16 Å². The molecule has 0 saturated heterocycles. The van der Waals surface area contributed by atoms with E-state index >= 15 is 0 Å². The Balaban J connectivity index is 3.86. The van der Waals surface area contributed by atoms with Crippen LogP contribution in [0.15, 0.2) is 0 Å². The van der Waals surface area contributed by atoms with E-state index < -0.39 is 20.5 Å². The van der Waals surface area contributed by atoms with Crippen molar-refractivity contribution in [2.75, 3.05) is 6.61 Å². The zero-order chi connectivity index (χ0) is 17.2. The van der Waals surface area contributed by atoms with Gasteiger partial charge in [-0.05, 0) is 45.3 Å². The molecule has 132 valence electrons. The van der Waals surface area contributed by atoms with E-state index in [9.17, 15) is 18.0 Å². The summed E-state index contributed by atoms with van der Waals surface area (Å²) in [6.07, 6.45) is 1.61. The van der Waals surface area contributed by atoms with Gasteiger partial charge in [0, 0.05) is 6.10 Å². The molecule has 0 amide bonds. The molecular formula is C15H29F3O3Si. The summed E-state index contributed by atoms with van der Waals surface area (Å²) < 4.78 is 46.1. The zero-order valence-electron chi connectivity index (χ0n) is 14.1. The molecule has 3 nitrogen and oxygen atoms in total. The molecule has 1 unspecified atom stereocenters. The number of hydrogen-bond donors (Lipinski definition) is 0. The Morgan fingerprint density at radius 3 is 2.14 bits per heavy atom. The van der Waals surface area contributed by atoms with Crippen LogP contribution in [0.5, 0.6) is 0 Å². The quantitative estimate of drug-likeness (QED) is 0.299. The van der Waals surface area contributed by atoms with Gasteiger partial charge in [-0.2, -0.15) is 13.2 Å². The first kappa shape index (κ1) is 21.4. The third-order valence-corrected chi connectivity index (χ3v) is 4.08. The molecule has 0 aromatic carbocycles. The van der Waals surface area contributed by atoms with Crippen LogP contribution in [0.4, 0.5) is 13.2 Å². The molecule has 0 rings (SSSR count). The summed E-state index contributed by atoms with van der Waals surface area (Å²) in [5, 5.41) is 0. The van der Waals surface area contributed by atoms with Gasteiger partial charge in [-0.3, -0.25) is 0 Å².